The summed E-state index contributed by atoms with van der Waals surface area (Å²) in [5.41, 5.74) is 0. The van der Waals surface area contributed by atoms with Gasteiger partial charge in [-0.3, -0.25) is 0 Å². The first-order valence-electron chi connectivity index (χ1n) is 6.59. The molecular formula is C13H24O2. The van der Waals surface area contributed by atoms with Gasteiger partial charge in [-0.25, -0.2) is 0 Å². The maximum Gasteiger partial charge on any atom is 0.0801 e. The van der Waals surface area contributed by atoms with Crippen molar-refractivity contribution in [1.82, 2.24) is 0 Å². The van der Waals surface area contributed by atoms with Crippen LogP contribution in [0.15, 0.2) is 0 Å². The molecule has 88 valence electrons. The van der Waals surface area contributed by atoms with E-state index in [2.05, 4.69) is 6.92 Å². The molecule has 0 aromatic heterocycles. The SMILES string of the molecule is CCC1CCCC(OCC(O)C2CC2)C1. The number of rotatable bonds is 5. The first-order valence-corrected chi connectivity index (χ1v) is 6.59. The van der Waals surface area contributed by atoms with E-state index in [1.807, 2.05) is 0 Å². The van der Waals surface area contributed by atoms with Crippen LogP contribution in [0.2, 0.25) is 0 Å². The molecule has 2 aliphatic carbocycles. The minimum Gasteiger partial charge on any atom is -0.390 e. The summed E-state index contributed by atoms with van der Waals surface area (Å²) in [6.45, 7) is 2.85. The summed E-state index contributed by atoms with van der Waals surface area (Å²) in [5, 5.41) is 9.72. The third-order valence-corrected chi connectivity index (χ3v) is 3.98. The van der Waals surface area contributed by atoms with Gasteiger partial charge in [0.1, 0.15) is 0 Å². The number of hydrogen-bond donors (Lipinski definition) is 1. The number of aliphatic hydroxyl groups is 1. The van der Waals surface area contributed by atoms with Crippen molar-refractivity contribution >= 4 is 0 Å². The quantitative estimate of drug-likeness (QED) is 0.759. The van der Waals surface area contributed by atoms with Crippen molar-refractivity contribution in [3.05, 3.63) is 0 Å². The molecule has 2 rings (SSSR count). The second kappa shape index (κ2) is 5.31. The van der Waals surface area contributed by atoms with Crippen molar-refractivity contribution < 1.29 is 9.84 Å². The highest BCUT2D eigenvalue weighted by Gasteiger charge is 2.31. The van der Waals surface area contributed by atoms with Gasteiger partial charge in [-0.1, -0.05) is 26.2 Å². The number of aliphatic hydroxyl groups excluding tert-OH is 1. The molecule has 0 aliphatic heterocycles. The Kier molecular flexibility index (Phi) is 4.04. The van der Waals surface area contributed by atoms with Crippen LogP contribution >= 0.6 is 0 Å². The van der Waals surface area contributed by atoms with Crippen LogP contribution in [-0.2, 0) is 4.74 Å². The summed E-state index contributed by atoms with van der Waals surface area (Å²) in [6, 6.07) is 0. The van der Waals surface area contributed by atoms with Crippen molar-refractivity contribution in [2.45, 2.75) is 64.1 Å². The molecule has 2 saturated carbocycles. The van der Waals surface area contributed by atoms with E-state index in [4.69, 9.17) is 4.74 Å². The Morgan fingerprint density at radius 1 is 1.27 bits per heavy atom. The molecule has 2 nitrogen and oxygen atoms in total. The van der Waals surface area contributed by atoms with Gasteiger partial charge in [-0.2, -0.15) is 0 Å². The monoisotopic (exact) mass is 212 g/mol. The lowest BCUT2D eigenvalue weighted by molar-refractivity contribution is -0.0389. The van der Waals surface area contributed by atoms with Crippen LogP contribution in [0.1, 0.15) is 51.9 Å². The van der Waals surface area contributed by atoms with E-state index in [0.717, 1.165) is 5.92 Å². The normalized spacial score (nSPS) is 34.0. The van der Waals surface area contributed by atoms with E-state index in [1.165, 1.54) is 44.9 Å². The lowest BCUT2D eigenvalue weighted by Gasteiger charge is -2.29. The third-order valence-electron chi connectivity index (χ3n) is 3.98. The standard InChI is InChI=1S/C13H24O2/c1-2-10-4-3-5-12(8-10)15-9-13(14)11-6-7-11/h10-14H,2-9H2,1H3. The number of ether oxygens (including phenoxy) is 1. The van der Waals surface area contributed by atoms with Gasteiger partial charge in [0.05, 0.1) is 18.8 Å². The maximum atomic E-state index is 9.72. The van der Waals surface area contributed by atoms with Crippen molar-refractivity contribution in [2.24, 2.45) is 11.8 Å². The molecule has 0 saturated heterocycles. The highest BCUT2D eigenvalue weighted by molar-refractivity contribution is 4.81. The van der Waals surface area contributed by atoms with Crippen molar-refractivity contribution in [3.63, 3.8) is 0 Å². The molecule has 2 heteroatoms. The molecule has 15 heavy (non-hydrogen) atoms. The van der Waals surface area contributed by atoms with E-state index >= 15 is 0 Å². The maximum absolute atomic E-state index is 9.72. The Labute approximate surface area is 93.0 Å². The molecule has 0 aromatic carbocycles. The van der Waals surface area contributed by atoms with E-state index in [9.17, 15) is 5.11 Å². The first kappa shape index (κ1) is 11.4. The highest BCUT2D eigenvalue weighted by atomic mass is 16.5. The van der Waals surface area contributed by atoms with E-state index in [-0.39, 0.29) is 6.10 Å². The third kappa shape index (κ3) is 3.46. The first-order chi connectivity index (χ1) is 7.29. The van der Waals surface area contributed by atoms with Gasteiger partial charge in [-0.05, 0) is 37.5 Å². The van der Waals surface area contributed by atoms with Gasteiger partial charge in [-0.15, -0.1) is 0 Å². The zero-order chi connectivity index (χ0) is 10.7. The van der Waals surface area contributed by atoms with Crippen LogP contribution in [0.25, 0.3) is 0 Å². The Morgan fingerprint density at radius 2 is 2.07 bits per heavy atom. The average molecular weight is 212 g/mol. The lowest BCUT2D eigenvalue weighted by atomic mass is 9.85. The summed E-state index contributed by atoms with van der Waals surface area (Å²) in [6.07, 6.45) is 9.03. The van der Waals surface area contributed by atoms with Crippen molar-refractivity contribution in [2.75, 3.05) is 6.61 Å². The second-order valence-electron chi connectivity index (χ2n) is 5.30. The minimum absolute atomic E-state index is 0.188. The minimum atomic E-state index is -0.188. The summed E-state index contributed by atoms with van der Waals surface area (Å²) >= 11 is 0. The van der Waals surface area contributed by atoms with Crippen molar-refractivity contribution in [3.8, 4) is 0 Å². The Hall–Kier alpha value is -0.0800. The summed E-state index contributed by atoms with van der Waals surface area (Å²) < 4.78 is 5.83. The average Bonchev–Trinajstić information content (AvgIpc) is 3.10. The summed E-state index contributed by atoms with van der Waals surface area (Å²) in [4.78, 5) is 0. The van der Waals surface area contributed by atoms with E-state index in [0.29, 0.717) is 18.6 Å². The van der Waals surface area contributed by atoms with Gasteiger partial charge in [0, 0.05) is 0 Å². The van der Waals surface area contributed by atoms with Crippen LogP contribution in [0.4, 0.5) is 0 Å². The van der Waals surface area contributed by atoms with Gasteiger partial charge in [0.15, 0.2) is 0 Å². The van der Waals surface area contributed by atoms with Gasteiger partial charge < -0.3 is 9.84 Å². The largest absolute Gasteiger partial charge is 0.390 e. The Balaban J connectivity index is 1.64. The summed E-state index contributed by atoms with van der Waals surface area (Å²) in [7, 11) is 0. The smallest absolute Gasteiger partial charge is 0.0801 e. The molecule has 2 aliphatic rings. The molecular weight excluding hydrogens is 188 g/mol. The fraction of sp³-hybridized carbons (Fsp3) is 1.00. The summed E-state index contributed by atoms with van der Waals surface area (Å²) in [5.74, 6) is 1.41. The van der Waals surface area contributed by atoms with E-state index in [1.54, 1.807) is 0 Å². The van der Waals surface area contributed by atoms with Gasteiger partial charge in [0.2, 0.25) is 0 Å². The van der Waals surface area contributed by atoms with Crippen LogP contribution in [0.3, 0.4) is 0 Å². The molecule has 1 N–H and O–H groups in total. The second-order valence-corrected chi connectivity index (χ2v) is 5.30. The molecule has 0 radical (unpaired) electrons. The lowest BCUT2D eigenvalue weighted by Crippen LogP contribution is -2.27. The topological polar surface area (TPSA) is 29.5 Å². The zero-order valence-electron chi connectivity index (χ0n) is 9.82. The Bertz CT molecular complexity index is 189. The highest BCUT2D eigenvalue weighted by Crippen LogP contribution is 2.33. The zero-order valence-corrected chi connectivity index (χ0v) is 9.82. The predicted molar refractivity (Wildman–Crippen MR) is 60.7 cm³/mol. The molecule has 2 fully saturated rings. The van der Waals surface area contributed by atoms with Crippen LogP contribution in [0, 0.1) is 11.8 Å². The van der Waals surface area contributed by atoms with Crippen LogP contribution in [0.5, 0.6) is 0 Å². The van der Waals surface area contributed by atoms with Crippen LogP contribution < -0.4 is 0 Å². The number of hydrogen-bond acceptors (Lipinski definition) is 2. The molecule has 0 heterocycles. The molecule has 0 aromatic rings. The molecule has 3 atom stereocenters. The molecule has 3 unspecified atom stereocenters. The fourth-order valence-corrected chi connectivity index (χ4v) is 2.62. The molecule has 0 spiro atoms. The Morgan fingerprint density at radius 3 is 2.73 bits per heavy atom. The predicted octanol–water partition coefficient (Wildman–Crippen LogP) is 2.74. The van der Waals surface area contributed by atoms with Gasteiger partial charge in [0.25, 0.3) is 0 Å². The van der Waals surface area contributed by atoms with Gasteiger partial charge >= 0.3 is 0 Å². The fourth-order valence-electron chi connectivity index (χ4n) is 2.62. The van der Waals surface area contributed by atoms with Crippen LogP contribution in [-0.4, -0.2) is 23.9 Å². The van der Waals surface area contributed by atoms with Crippen molar-refractivity contribution in [1.29, 1.82) is 0 Å². The molecule has 0 amide bonds. The molecule has 0 bridgehead atoms. The van der Waals surface area contributed by atoms with E-state index < -0.39 is 0 Å².